The van der Waals surface area contributed by atoms with Gasteiger partial charge in [-0.2, -0.15) is 0 Å². The highest BCUT2D eigenvalue weighted by atomic mass is 16.5. The van der Waals surface area contributed by atoms with Gasteiger partial charge in [0.05, 0.1) is 75.3 Å². The quantitative estimate of drug-likeness (QED) is 0.0292. The van der Waals surface area contributed by atoms with Crippen LogP contribution >= 0.6 is 0 Å². The van der Waals surface area contributed by atoms with Crippen molar-refractivity contribution in [2.45, 2.75) is 138 Å². The standard InChI is InChI=1S/C34H68N2O20/c1-5-33(3,9-19(39)15-54-17-26(46)32(52)53)55-16-20(40)10-34(4,6-2)56-18-25(45)31(51)35-7-8-36(11-21(41)27(47)29(49)23(43)13-37)12-22(42)28(48)30(50)24(44)14-38/h19-30,37-50H,5-18H2,1-4H3,(H,35,51)(H,52,53)/t19?,20?,21-,22-,23+,24+,25?,26?,27+,28+,29+,30+,33?,34?/m0/s1. The van der Waals surface area contributed by atoms with Crippen LogP contribution in [0.1, 0.15) is 53.4 Å². The second-order valence-corrected chi connectivity index (χ2v) is 14.5. The molecule has 1 amide bonds. The van der Waals surface area contributed by atoms with Gasteiger partial charge >= 0.3 is 5.97 Å². The second-order valence-electron chi connectivity index (χ2n) is 14.5. The Labute approximate surface area is 326 Å². The summed E-state index contributed by atoms with van der Waals surface area (Å²) in [5.74, 6) is -2.37. The normalized spacial score (nSPS) is 21.0. The van der Waals surface area contributed by atoms with Gasteiger partial charge in [-0.05, 0) is 26.7 Å². The Morgan fingerprint density at radius 2 is 1.02 bits per heavy atom. The number of nitrogens with zero attached hydrogens (tertiary/aromatic N) is 1. The number of carboxylic acids is 1. The molecule has 56 heavy (non-hydrogen) atoms. The van der Waals surface area contributed by atoms with Crippen LogP contribution in [0.25, 0.3) is 0 Å². The Bertz CT molecular complexity index is 1050. The van der Waals surface area contributed by atoms with Gasteiger partial charge < -0.3 is 96.1 Å². The summed E-state index contributed by atoms with van der Waals surface area (Å²) < 4.78 is 16.8. The number of carboxylic acid groups (broad SMARTS) is 1. The van der Waals surface area contributed by atoms with Gasteiger partial charge in [0.25, 0.3) is 5.91 Å². The second kappa shape index (κ2) is 27.1. The lowest BCUT2D eigenvalue weighted by Gasteiger charge is -2.35. The van der Waals surface area contributed by atoms with E-state index in [1.165, 1.54) is 4.90 Å². The van der Waals surface area contributed by atoms with Crippen LogP contribution in [0, 0.1) is 0 Å². The molecule has 0 rings (SSSR count). The van der Waals surface area contributed by atoms with Gasteiger partial charge in [0.1, 0.15) is 36.6 Å². The van der Waals surface area contributed by atoms with E-state index >= 15 is 0 Å². The van der Waals surface area contributed by atoms with Crippen molar-refractivity contribution in [3.8, 4) is 0 Å². The summed E-state index contributed by atoms with van der Waals surface area (Å²) in [6.07, 6.45) is -20.0. The molecule has 16 N–H and O–H groups in total. The minimum atomic E-state index is -2.00. The number of carbonyl (C=O) groups is 2. The van der Waals surface area contributed by atoms with Gasteiger partial charge in [-0.3, -0.25) is 9.69 Å². The number of hydrogen-bond donors (Lipinski definition) is 16. The van der Waals surface area contributed by atoms with Gasteiger partial charge in [-0.15, -0.1) is 0 Å². The van der Waals surface area contributed by atoms with Crippen molar-refractivity contribution in [2.75, 3.05) is 65.8 Å². The van der Waals surface area contributed by atoms with E-state index in [-0.39, 0.29) is 39.1 Å². The van der Waals surface area contributed by atoms with Crippen LogP contribution in [0.3, 0.4) is 0 Å². The molecule has 0 spiro atoms. The van der Waals surface area contributed by atoms with Gasteiger partial charge in [-0.1, -0.05) is 13.8 Å². The Hall–Kier alpha value is -1.78. The maximum absolute atomic E-state index is 12.7. The van der Waals surface area contributed by atoms with Crippen molar-refractivity contribution >= 4 is 11.9 Å². The summed E-state index contributed by atoms with van der Waals surface area (Å²) in [7, 11) is 0. The number of amides is 1. The van der Waals surface area contributed by atoms with E-state index in [0.29, 0.717) is 12.8 Å². The summed E-state index contributed by atoms with van der Waals surface area (Å²) in [4.78, 5) is 24.6. The van der Waals surface area contributed by atoms with E-state index in [1.54, 1.807) is 27.7 Å². The number of rotatable bonds is 33. The molecular formula is C34H68N2O20. The molecule has 6 unspecified atom stereocenters. The largest absolute Gasteiger partial charge is 0.479 e. The van der Waals surface area contributed by atoms with Crippen LogP contribution in [0.2, 0.25) is 0 Å². The molecule has 0 saturated heterocycles. The molecule has 0 aliphatic rings. The Morgan fingerprint density at radius 1 is 0.607 bits per heavy atom. The molecule has 0 radical (unpaired) electrons. The third-order valence-electron chi connectivity index (χ3n) is 9.49. The summed E-state index contributed by atoms with van der Waals surface area (Å²) >= 11 is 0. The first kappa shape index (κ1) is 54.2. The molecule has 14 atom stereocenters. The zero-order valence-electron chi connectivity index (χ0n) is 32.5. The van der Waals surface area contributed by atoms with E-state index in [4.69, 9.17) is 29.5 Å². The minimum absolute atomic E-state index is 0.0156. The summed E-state index contributed by atoms with van der Waals surface area (Å²) in [6.45, 7) is 1.96. The van der Waals surface area contributed by atoms with Crippen molar-refractivity contribution < 1.29 is 100 Å². The number of hydrogen-bond acceptors (Lipinski definition) is 20. The molecule has 0 aliphatic heterocycles. The van der Waals surface area contributed by atoms with Gasteiger partial charge in [0.15, 0.2) is 12.2 Å². The molecule has 0 bridgehead atoms. The van der Waals surface area contributed by atoms with E-state index in [1.807, 2.05) is 0 Å². The molecule has 334 valence electrons. The third-order valence-corrected chi connectivity index (χ3v) is 9.49. The molecule has 0 aromatic carbocycles. The third kappa shape index (κ3) is 20.3. The zero-order chi connectivity index (χ0) is 43.4. The van der Waals surface area contributed by atoms with Crippen LogP contribution in [0.4, 0.5) is 0 Å². The molecule has 22 heteroatoms. The van der Waals surface area contributed by atoms with Crippen LogP contribution < -0.4 is 5.32 Å². The van der Waals surface area contributed by atoms with E-state index in [0.717, 1.165) is 0 Å². The van der Waals surface area contributed by atoms with E-state index in [2.05, 4.69) is 5.32 Å². The number of ether oxygens (including phenoxy) is 3. The highest BCUT2D eigenvalue weighted by molar-refractivity contribution is 5.80. The topological polar surface area (TPSA) is 381 Å². The van der Waals surface area contributed by atoms with Crippen LogP contribution in [-0.4, -0.2) is 244 Å². The first-order chi connectivity index (χ1) is 26.0. The number of carbonyl (C=O) groups excluding carboxylic acids is 1. The molecular weight excluding hydrogens is 756 g/mol. The molecule has 0 saturated carbocycles. The van der Waals surface area contributed by atoms with Crippen LogP contribution in [0.5, 0.6) is 0 Å². The lowest BCUT2D eigenvalue weighted by molar-refractivity contribution is -0.151. The summed E-state index contributed by atoms with van der Waals surface area (Å²) in [6, 6.07) is 0. The molecule has 0 fully saturated rings. The Morgan fingerprint density at radius 3 is 1.43 bits per heavy atom. The first-order valence-electron chi connectivity index (χ1n) is 18.5. The summed E-state index contributed by atoms with van der Waals surface area (Å²) in [5, 5.41) is 151. The van der Waals surface area contributed by atoms with Crippen LogP contribution in [0.15, 0.2) is 0 Å². The smallest absolute Gasteiger partial charge is 0.334 e. The van der Waals surface area contributed by atoms with Crippen LogP contribution in [-0.2, 0) is 23.8 Å². The number of nitrogens with one attached hydrogen (secondary N) is 1. The molecule has 0 aromatic rings. The van der Waals surface area contributed by atoms with E-state index in [9.17, 15) is 70.9 Å². The van der Waals surface area contributed by atoms with Gasteiger partial charge in [-0.25, -0.2) is 4.79 Å². The first-order valence-corrected chi connectivity index (χ1v) is 18.5. The maximum atomic E-state index is 12.7. The number of aliphatic hydroxyl groups excluding tert-OH is 14. The van der Waals surface area contributed by atoms with Crippen molar-refractivity contribution in [1.29, 1.82) is 0 Å². The highest BCUT2D eigenvalue weighted by Gasteiger charge is 2.35. The fraction of sp³-hybridized carbons (Fsp3) is 0.941. The van der Waals surface area contributed by atoms with Crippen molar-refractivity contribution in [2.24, 2.45) is 0 Å². The monoisotopic (exact) mass is 824 g/mol. The Kier molecular flexibility index (Phi) is 26.2. The SMILES string of the molecule is CCC(C)(CC(O)COCC(O)C(=O)O)OCC(O)CC(C)(CC)OCC(O)C(=O)NCCN(C[C@H](O)[C@@H](O)[C@H](O)[C@H](O)CO)C[C@H](O)[C@@H](O)[C@H](O)[C@H](O)CO. The number of aliphatic carboxylic acids is 1. The molecule has 0 aromatic heterocycles. The predicted molar refractivity (Wildman–Crippen MR) is 193 cm³/mol. The molecule has 0 heterocycles. The molecule has 0 aliphatic carbocycles. The molecule has 22 nitrogen and oxygen atoms in total. The highest BCUT2D eigenvalue weighted by Crippen LogP contribution is 2.26. The maximum Gasteiger partial charge on any atom is 0.334 e. The lowest BCUT2D eigenvalue weighted by atomic mass is 9.93. The lowest BCUT2D eigenvalue weighted by Crippen LogP contribution is -2.54. The van der Waals surface area contributed by atoms with E-state index < -0.39 is 136 Å². The van der Waals surface area contributed by atoms with Gasteiger partial charge in [0, 0.05) is 39.0 Å². The van der Waals surface area contributed by atoms with Crippen molar-refractivity contribution in [1.82, 2.24) is 10.2 Å². The minimum Gasteiger partial charge on any atom is -0.479 e. The fourth-order valence-corrected chi connectivity index (χ4v) is 5.35. The fourth-order valence-electron chi connectivity index (χ4n) is 5.35. The van der Waals surface area contributed by atoms with Gasteiger partial charge in [0.2, 0.25) is 0 Å². The Balaban J connectivity index is 5.27. The van der Waals surface area contributed by atoms with Crippen molar-refractivity contribution in [3.05, 3.63) is 0 Å². The zero-order valence-corrected chi connectivity index (χ0v) is 32.5. The predicted octanol–water partition coefficient (Wildman–Crippen LogP) is -7.03. The number of aliphatic hydroxyl groups is 14. The summed E-state index contributed by atoms with van der Waals surface area (Å²) in [5.41, 5.74) is -1.95. The average molecular weight is 825 g/mol. The van der Waals surface area contributed by atoms with Crippen molar-refractivity contribution in [3.63, 3.8) is 0 Å². The average Bonchev–Trinajstić information content (AvgIpc) is 3.16.